The third kappa shape index (κ3) is 5.53. The van der Waals surface area contributed by atoms with Gasteiger partial charge in [-0.3, -0.25) is 4.79 Å². The predicted octanol–water partition coefficient (Wildman–Crippen LogP) is 4.58. The Morgan fingerprint density at radius 1 is 1.00 bits per heavy atom. The van der Waals surface area contributed by atoms with Crippen LogP contribution in [0.15, 0.2) is 66.7 Å². The van der Waals surface area contributed by atoms with Crippen LogP contribution in [0.2, 0.25) is 0 Å². The van der Waals surface area contributed by atoms with Gasteiger partial charge in [0, 0.05) is 5.75 Å². The number of amides is 1. The second kappa shape index (κ2) is 9.30. The van der Waals surface area contributed by atoms with Crippen LogP contribution >= 0.6 is 11.8 Å². The minimum Gasteiger partial charge on any atom is -0.492 e. The summed E-state index contributed by atoms with van der Waals surface area (Å²) in [5, 5.41) is 5.25. The van der Waals surface area contributed by atoms with Gasteiger partial charge in [0.05, 0.1) is 12.3 Å². The number of hydrogen-bond donors (Lipinski definition) is 1. The third-order valence-electron chi connectivity index (χ3n) is 4.00. The Morgan fingerprint density at radius 3 is 2.69 bits per heavy atom. The lowest BCUT2D eigenvalue weighted by atomic mass is 10.1. The van der Waals surface area contributed by atoms with Crippen LogP contribution in [0.5, 0.6) is 5.75 Å². The monoisotopic (exact) mass is 365 g/mol. The van der Waals surface area contributed by atoms with Gasteiger partial charge >= 0.3 is 0 Å². The molecule has 3 nitrogen and oxygen atoms in total. The highest BCUT2D eigenvalue weighted by molar-refractivity contribution is 7.99. The van der Waals surface area contributed by atoms with Crippen molar-refractivity contribution in [1.82, 2.24) is 5.32 Å². The number of ether oxygens (including phenoxy) is 1. The van der Waals surface area contributed by atoms with Crippen molar-refractivity contribution in [3.05, 3.63) is 77.9 Å². The van der Waals surface area contributed by atoms with Crippen molar-refractivity contribution >= 4 is 28.4 Å². The Morgan fingerprint density at radius 2 is 1.85 bits per heavy atom. The molecule has 26 heavy (non-hydrogen) atoms. The molecule has 0 atom stereocenters. The first-order valence-electron chi connectivity index (χ1n) is 8.72. The van der Waals surface area contributed by atoms with Gasteiger partial charge in [-0.05, 0) is 35.4 Å². The summed E-state index contributed by atoms with van der Waals surface area (Å²) in [6.07, 6.45) is 0. The molecule has 3 aromatic rings. The molecule has 3 aromatic carbocycles. The first kappa shape index (κ1) is 18.3. The largest absolute Gasteiger partial charge is 0.492 e. The van der Waals surface area contributed by atoms with Crippen LogP contribution in [-0.4, -0.2) is 24.8 Å². The normalized spacial score (nSPS) is 10.7. The number of nitrogens with one attached hydrogen (secondary N) is 1. The molecule has 0 saturated carbocycles. The van der Waals surface area contributed by atoms with E-state index in [0.717, 1.165) is 16.9 Å². The van der Waals surface area contributed by atoms with Gasteiger partial charge in [-0.1, -0.05) is 60.2 Å². The standard InChI is InChI=1S/C22H23NO2S/c1-17-5-4-6-18(13-17)15-26-16-22(24)23-11-12-25-21-10-9-19-7-2-3-8-20(19)14-21/h2-10,13-14H,11-12,15-16H2,1H3,(H,23,24). The summed E-state index contributed by atoms with van der Waals surface area (Å²) in [5.41, 5.74) is 2.50. The molecule has 0 fully saturated rings. The Labute approximate surface area is 158 Å². The van der Waals surface area contributed by atoms with E-state index in [1.807, 2.05) is 30.3 Å². The molecular formula is C22H23NO2S. The molecule has 0 aliphatic rings. The van der Waals surface area contributed by atoms with Gasteiger partial charge in [-0.15, -0.1) is 11.8 Å². The maximum atomic E-state index is 11.9. The minimum atomic E-state index is 0.0461. The molecule has 1 amide bonds. The van der Waals surface area contributed by atoms with E-state index in [2.05, 4.69) is 48.6 Å². The zero-order valence-electron chi connectivity index (χ0n) is 14.9. The Balaban J connectivity index is 1.34. The first-order chi connectivity index (χ1) is 12.7. The lowest BCUT2D eigenvalue weighted by Gasteiger charge is -2.09. The molecule has 3 rings (SSSR count). The average Bonchev–Trinajstić information content (AvgIpc) is 2.65. The number of hydrogen-bond acceptors (Lipinski definition) is 3. The van der Waals surface area contributed by atoms with Crippen LogP contribution in [0.4, 0.5) is 0 Å². The Hall–Kier alpha value is -2.46. The average molecular weight is 365 g/mol. The van der Waals surface area contributed by atoms with Crippen LogP contribution in [0.3, 0.4) is 0 Å². The maximum absolute atomic E-state index is 11.9. The van der Waals surface area contributed by atoms with Crippen LogP contribution in [0.25, 0.3) is 10.8 Å². The second-order valence-corrected chi connectivity index (χ2v) is 7.17. The fourth-order valence-electron chi connectivity index (χ4n) is 2.73. The summed E-state index contributed by atoms with van der Waals surface area (Å²) in [7, 11) is 0. The molecule has 1 N–H and O–H groups in total. The minimum absolute atomic E-state index is 0.0461. The van der Waals surface area contributed by atoms with Crippen LogP contribution in [0.1, 0.15) is 11.1 Å². The number of thioether (sulfide) groups is 1. The molecule has 0 aliphatic carbocycles. The van der Waals surface area contributed by atoms with Gasteiger partial charge in [0.1, 0.15) is 12.4 Å². The van der Waals surface area contributed by atoms with Crippen LogP contribution < -0.4 is 10.1 Å². The van der Waals surface area contributed by atoms with Gasteiger partial charge < -0.3 is 10.1 Å². The zero-order chi connectivity index (χ0) is 18.2. The molecule has 0 bridgehead atoms. The third-order valence-corrected chi connectivity index (χ3v) is 5.00. The van der Waals surface area contributed by atoms with Crippen molar-refractivity contribution < 1.29 is 9.53 Å². The number of aryl methyl sites for hydroxylation is 1. The molecule has 0 heterocycles. The SMILES string of the molecule is Cc1cccc(CSCC(=O)NCCOc2ccc3ccccc3c2)c1. The van der Waals surface area contributed by atoms with E-state index in [-0.39, 0.29) is 5.91 Å². The molecular weight excluding hydrogens is 342 g/mol. The highest BCUT2D eigenvalue weighted by Gasteiger charge is 2.03. The zero-order valence-corrected chi connectivity index (χ0v) is 15.7. The van der Waals surface area contributed by atoms with E-state index in [1.165, 1.54) is 16.5 Å². The summed E-state index contributed by atoms with van der Waals surface area (Å²) in [6.45, 7) is 3.06. The van der Waals surface area contributed by atoms with Gasteiger partial charge in [0.2, 0.25) is 5.91 Å². The van der Waals surface area contributed by atoms with E-state index in [0.29, 0.717) is 18.9 Å². The van der Waals surface area contributed by atoms with E-state index in [9.17, 15) is 4.79 Å². The maximum Gasteiger partial charge on any atom is 0.230 e. The van der Waals surface area contributed by atoms with E-state index >= 15 is 0 Å². The Bertz CT molecular complexity index is 879. The molecule has 0 aromatic heterocycles. The van der Waals surface area contributed by atoms with Crippen molar-refractivity contribution in [3.8, 4) is 5.75 Å². The lowest BCUT2D eigenvalue weighted by Crippen LogP contribution is -2.29. The summed E-state index contributed by atoms with van der Waals surface area (Å²) in [4.78, 5) is 11.9. The first-order valence-corrected chi connectivity index (χ1v) is 9.88. The predicted molar refractivity (Wildman–Crippen MR) is 110 cm³/mol. The number of fused-ring (bicyclic) bond motifs is 1. The van der Waals surface area contributed by atoms with Gasteiger partial charge in [0.25, 0.3) is 0 Å². The van der Waals surface area contributed by atoms with Crippen molar-refractivity contribution in [1.29, 1.82) is 0 Å². The molecule has 0 unspecified atom stereocenters. The molecule has 0 aliphatic heterocycles. The van der Waals surface area contributed by atoms with Gasteiger partial charge in [-0.25, -0.2) is 0 Å². The molecule has 0 radical (unpaired) electrons. The summed E-state index contributed by atoms with van der Waals surface area (Å²) >= 11 is 1.63. The lowest BCUT2D eigenvalue weighted by molar-refractivity contribution is -0.118. The molecule has 0 spiro atoms. The number of rotatable bonds is 8. The van der Waals surface area contributed by atoms with E-state index in [1.54, 1.807) is 11.8 Å². The quantitative estimate of drug-likeness (QED) is 0.594. The highest BCUT2D eigenvalue weighted by atomic mass is 32.2. The Kier molecular flexibility index (Phi) is 6.56. The summed E-state index contributed by atoms with van der Waals surface area (Å²) in [5.74, 6) is 2.18. The van der Waals surface area contributed by atoms with Crippen molar-refractivity contribution in [2.24, 2.45) is 0 Å². The van der Waals surface area contributed by atoms with E-state index in [4.69, 9.17) is 4.74 Å². The number of carbonyl (C=O) groups is 1. The highest BCUT2D eigenvalue weighted by Crippen LogP contribution is 2.20. The number of carbonyl (C=O) groups excluding carboxylic acids is 1. The summed E-state index contributed by atoms with van der Waals surface area (Å²) < 4.78 is 5.73. The van der Waals surface area contributed by atoms with Crippen molar-refractivity contribution in [2.45, 2.75) is 12.7 Å². The fraction of sp³-hybridized carbons (Fsp3) is 0.227. The molecule has 134 valence electrons. The van der Waals surface area contributed by atoms with Crippen LogP contribution in [-0.2, 0) is 10.5 Å². The van der Waals surface area contributed by atoms with Crippen LogP contribution in [0, 0.1) is 6.92 Å². The van der Waals surface area contributed by atoms with Crippen molar-refractivity contribution in [2.75, 3.05) is 18.9 Å². The smallest absolute Gasteiger partial charge is 0.230 e. The topological polar surface area (TPSA) is 38.3 Å². The van der Waals surface area contributed by atoms with Gasteiger partial charge in [-0.2, -0.15) is 0 Å². The molecule has 4 heteroatoms. The van der Waals surface area contributed by atoms with Gasteiger partial charge in [0.15, 0.2) is 0 Å². The van der Waals surface area contributed by atoms with Crippen molar-refractivity contribution in [3.63, 3.8) is 0 Å². The molecule has 0 saturated heterocycles. The second-order valence-electron chi connectivity index (χ2n) is 6.19. The summed E-state index contributed by atoms with van der Waals surface area (Å²) in [6, 6.07) is 22.6. The van der Waals surface area contributed by atoms with E-state index < -0.39 is 0 Å². The number of benzene rings is 3. The fourth-order valence-corrected chi connectivity index (χ4v) is 3.54.